The van der Waals surface area contributed by atoms with Gasteiger partial charge in [-0.25, -0.2) is 19.7 Å². The molecule has 0 fully saturated rings. The summed E-state index contributed by atoms with van der Waals surface area (Å²) in [7, 11) is 3.01. The van der Waals surface area contributed by atoms with Gasteiger partial charge in [-0.15, -0.1) is 0 Å². The molecule has 0 radical (unpaired) electrons. The molecule has 11 heteroatoms. The summed E-state index contributed by atoms with van der Waals surface area (Å²) in [6.45, 7) is 13.3. The van der Waals surface area contributed by atoms with E-state index < -0.39 is 11.6 Å². The number of carbonyl (C=O) groups excluding carboxylic acids is 1. The van der Waals surface area contributed by atoms with Gasteiger partial charge in [-0.05, 0) is 59.3 Å². The van der Waals surface area contributed by atoms with Gasteiger partial charge in [-0.1, -0.05) is 43.5 Å². The lowest BCUT2D eigenvalue weighted by Crippen LogP contribution is -2.43. The Kier molecular flexibility index (Phi) is 11.2. The molecule has 2 aromatic heterocycles. The zero-order valence-corrected chi connectivity index (χ0v) is 26.0. The Morgan fingerprint density at radius 2 is 1.62 bits per heavy atom. The number of halogens is 2. The molecule has 9 nitrogen and oxygen atoms in total. The number of carbonyl (C=O) groups is 1. The Bertz CT molecular complexity index is 1300. The van der Waals surface area contributed by atoms with Crippen LogP contribution in [0.5, 0.6) is 11.5 Å². The third-order valence-electron chi connectivity index (χ3n) is 6.45. The van der Waals surface area contributed by atoms with Crippen molar-refractivity contribution in [3.05, 3.63) is 34.2 Å². The van der Waals surface area contributed by atoms with Crippen molar-refractivity contribution in [3.8, 4) is 22.6 Å². The second kappa shape index (κ2) is 14.1. The fourth-order valence-corrected chi connectivity index (χ4v) is 5.05. The lowest BCUT2D eigenvalue weighted by molar-refractivity contribution is 0.243. The molecule has 0 saturated heterocycles. The van der Waals surface area contributed by atoms with E-state index in [0.29, 0.717) is 39.5 Å². The van der Waals surface area contributed by atoms with Crippen LogP contribution in [0.2, 0.25) is 10.0 Å². The first-order chi connectivity index (χ1) is 19.0. The van der Waals surface area contributed by atoms with Crippen LogP contribution in [0.15, 0.2) is 18.3 Å². The Morgan fingerprint density at radius 1 is 0.975 bits per heavy atom. The van der Waals surface area contributed by atoms with Crippen LogP contribution in [-0.4, -0.2) is 65.3 Å². The summed E-state index contributed by atoms with van der Waals surface area (Å²) < 4.78 is 10.9. The highest BCUT2D eigenvalue weighted by atomic mass is 35.5. The summed E-state index contributed by atoms with van der Waals surface area (Å²) in [5, 5.41) is 6.95. The average molecular weight is 592 g/mol. The number of hydrogen-bond donors (Lipinski definition) is 2. The largest absolute Gasteiger partial charge is 0.495 e. The maximum absolute atomic E-state index is 12.9. The molecule has 2 heterocycles. The number of nitrogens with zero attached hydrogens (tertiary/aromatic N) is 4. The molecule has 1 aromatic carbocycles. The normalized spacial score (nSPS) is 11.7. The monoisotopic (exact) mass is 590 g/mol. The van der Waals surface area contributed by atoms with Crippen LogP contribution in [0.3, 0.4) is 0 Å². The summed E-state index contributed by atoms with van der Waals surface area (Å²) in [4.78, 5) is 29.4. The Balaban J connectivity index is 2.00. The van der Waals surface area contributed by atoms with Gasteiger partial charge in [0.25, 0.3) is 0 Å². The molecule has 0 bridgehead atoms. The van der Waals surface area contributed by atoms with Crippen LogP contribution in [-0.2, 0) is 6.42 Å². The standard InChI is InChI=1S/C29H40Cl2N6O3/c1-8-37(9-2)14-12-10-11-13-22-32-17-18-15-19(23-24(30)20(39-6)16-21(40-7)25(23)31)27(34-26(18)33-22)35-28(38)36-29(3,4)5/h15-17H,8-14H2,1-7H3,(H2,32,33,34,35,36,38). The average Bonchev–Trinajstić information content (AvgIpc) is 2.90. The zero-order chi connectivity index (χ0) is 29.4. The van der Waals surface area contributed by atoms with E-state index in [2.05, 4.69) is 34.4 Å². The third kappa shape index (κ3) is 8.08. The highest BCUT2D eigenvalue weighted by molar-refractivity contribution is 6.41. The molecule has 0 spiro atoms. The van der Waals surface area contributed by atoms with Crippen LogP contribution in [0, 0.1) is 0 Å². The molecule has 0 unspecified atom stereocenters. The number of urea groups is 1. The van der Waals surface area contributed by atoms with Gasteiger partial charge in [-0.2, -0.15) is 0 Å². The predicted molar refractivity (Wildman–Crippen MR) is 163 cm³/mol. The van der Waals surface area contributed by atoms with E-state index in [1.165, 1.54) is 14.2 Å². The fraction of sp³-hybridized carbons (Fsp3) is 0.517. The van der Waals surface area contributed by atoms with Crippen LogP contribution in [0.4, 0.5) is 10.6 Å². The number of aromatic nitrogens is 3. The molecule has 40 heavy (non-hydrogen) atoms. The van der Waals surface area contributed by atoms with Crippen LogP contribution in [0.1, 0.15) is 59.7 Å². The molecule has 2 N–H and O–H groups in total. The first-order valence-corrected chi connectivity index (χ1v) is 14.3. The molecule has 0 aliphatic heterocycles. The third-order valence-corrected chi connectivity index (χ3v) is 7.20. The van der Waals surface area contributed by atoms with Crippen LogP contribution >= 0.6 is 23.2 Å². The smallest absolute Gasteiger partial charge is 0.320 e. The van der Waals surface area contributed by atoms with Crippen molar-refractivity contribution in [3.63, 3.8) is 0 Å². The summed E-state index contributed by atoms with van der Waals surface area (Å²) in [6, 6.07) is 3.00. The molecule has 218 valence electrons. The van der Waals surface area contributed by atoms with Gasteiger partial charge in [0, 0.05) is 40.7 Å². The number of fused-ring (bicyclic) bond motifs is 1. The minimum atomic E-state index is -0.462. The zero-order valence-electron chi connectivity index (χ0n) is 24.5. The van der Waals surface area contributed by atoms with Gasteiger partial charge in [0.1, 0.15) is 23.1 Å². The SMILES string of the molecule is CCN(CC)CCCCCc1ncc2cc(-c3c(Cl)c(OC)cc(OC)c3Cl)c(NC(=O)NC(C)(C)C)nc2n1. The molecule has 0 aliphatic carbocycles. The van der Waals surface area contributed by atoms with E-state index in [1.807, 2.05) is 26.8 Å². The van der Waals surface area contributed by atoms with Crippen molar-refractivity contribution in [1.82, 2.24) is 25.2 Å². The van der Waals surface area contributed by atoms with E-state index in [1.54, 1.807) is 12.3 Å². The van der Waals surface area contributed by atoms with Gasteiger partial charge < -0.3 is 19.7 Å². The van der Waals surface area contributed by atoms with Gasteiger partial charge in [0.05, 0.1) is 24.3 Å². The number of benzene rings is 1. The molecule has 3 rings (SSSR count). The molecule has 0 saturated carbocycles. The Labute approximate surface area is 247 Å². The van der Waals surface area contributed by atoms with Crippen LogP contribution < -0.4 is 20.1 Å². The molecular weight excluding hydrogens is 551 g/mol. The van der Waals surface area contributed by atoms with Crippen molar-refractivity contribution in [2.24, 2.45) is 0 Å². The van der Waals surface area contributed by atoms with Crippen molar-refractivity contribution in [2.75, 3.05) is 39.2 Å². The number of anilines is 1. The summed E-state index contributed by atoms with van der Waals surface area (Å²) >= 11 is 13.5. The number of aryl methyl sites for hydroxylation is 1. The number of pyridine rings is 1. The number of hydrogen-bond acceptors (Lipinski definition) is 7. The highest BCUT2D eigenvalue weighted by Gasteiger charge is 2.24. The van der Waals surface area contributed by atoms with E-state index in [0.717, 1.165) is 45.3 Å². The van der Waals surface area contributed by atoms with Crippen molar-refractivity contribution in [1.29, 1.82) is 0 Å². The van der Waals surface area contributed by atoms with Gasteiger partial charge in [-0.3, -0.25) is 5.32 Å². The second-order valence-corrected chi connectivity index (χ2v) is 11.3. The van der Waals surface area contributed by atoms with Crippen molar-refractivity contribution >= 4 is 46.1 Å². The highest BCUT2D eigenvalue weighted by Crippen LogP contribution is 2.48. The molecule has 2 amide bonds. The second-order valence-electron chi connectivity index (χ2n) is 10.5. The number of methoxy groups -OCH3 is 2. The van der Waals surface area contributed by atoms with Crippen molar-refractivity contribution < 1.29 is 14.3 Å². The Hall–Kier alpha value is -2.88. The van der Waals surface area contributed by atoms with Crippen LogP contribution in [0.25, 0.3) is 22.2 Å². The lowest BCUT2D eigenvalue weighted by atomic mass is 10.0. The van der Waals surface area contributed by atoms with Gasteiger partial charge in [0.2, 0.25) is 0 Å². The number of amides is 2. The van der Waals surface area contributed by atoms with E-state index in [-0.39, 0.29) is 15.9 Å². The summed E-state index contributed by atoms with van der Waals surface area (Å²) in [5.41, 5.74) is 0.898. The molecule has 0 aliphatic rings. The first-order valence-electron chi connectivity index (χ1n) is 13.6. The maximum atomic E-state index is 12.9. The number of unbranched alkanes of at least 4 members (excludes halogenated alkanes) is 2. The number of rotatable bonds is 12. The molecule has 0 atom stereocenters. The fourth-order valence-electron chi connectivity index (χ4n) is 4.34. The maximum Gasteiger partial charge on any atom is 0.320 e. The molecule has 3 aromatic rings. The lowest BCUT2D eigenvalue weighted by Gasteiger charge is -2.22. The van der Waals surface area contributed by atoms with Crippen molar-refractivity contribution in [2.45, 2.75) is 65.8 Å². The quantitative estimate of drug-likeness (QED) is 0.219. The number of nitrogens with one attached hydrogen (secondary N) is 2. The van der Waals surface area contributed by atoms with Gasteiger partial charge in [0.15, 0.2) is 5.65 Å². The number of ether oxygens (including phenoxy) is 2. The summed E-state index contributed by atoms with van der Waals surface area (Å²) in [5.74, 6) is 1.70. The molecular formula is C29H40Cl2N6O3. The summed E-state index contributed by atoms with van der Waals surface area (Å²) in [6.07, 6.45) is 5.70. The first kappa shape index (κ1) is 31.6. The van der Waals surface area contributed by atoms with E-state index in [9.17, 15) is 4.79 Å². The minimum Gasteiger partial charge on any atom is -0.495 e. The topological polar surface area (TPSA) is 102 Å². The predicted octanol–water partition coefficient (Wildman–Crippen LogP) is 6.99. The minimum absolute atomic E-state index is 0.247. The Morgan fingerprint density at radius 3 is 2.20 bits per heavy atom. The van der Waals surface area contributed by atoms with E-state index in [4.69, 9.17) is 42.6 Å². The van der Waals surface area contributed by atoms with E-state index >= 15 is 0 Å². The van der Waals surface area contributed by atoms with Gasteiger partial charge >= 0.3 is 6.03 Å².